The van der Waals surface area contributed by atoms with Gasteiger partial charge in [-0.1, -0.05) is 20.8 Å². The van der Waals surface area contributed by atoms with E-state index in [2.05, 4.69) is 48.1 Å². The van der Waals surface area contributed by atoms with Crippen LogP contribution in [0.3, 0.4) is 0 Å². The van der Waals surface area contributed by atoms with Crippen molar-refractivity contribution in [3.05, 3.63) is 11.4 Å². The number of nitrogens with zero attached hydrogens (tertiary/aromatic N) is 2. The molecule has 5 heteroatoms. The van der Waals surface area contributed by atoms with Crippen molar-refractivity contribution >= 4 is 11.6 Å². The Morgan fingerprint density at radius 1 is 1.44 bits per heavy atom. The Balaban J connectivity index is 2.56. The number of aromatic amines is 1. The quantitative estimate of drug-likeness (QED) is 0.751. The Bertz CT molecular complexity index is 416. The van der Waals surface area contributed by atoms with Crippen LogP contribution in [0.15, 0.2) is 0 Å². The Morgan fingerprint density at radius 3 is 2.69 bits per heavy atom. The third kappa shape index (κ3) is 1.56. The van der Waals surface area contributed by atoms with Gasteiger partial charge in [0.15, 0.2) is 5.69 Å². The van der Waals surface area contributed by atoms with Gasteiger partial charge in [-0.2, -0.15) is 5.10 Å². The minimum atomic E-state index is -0.0912. The SMILES string of the molecule is CCN1CNC(=O)c2n[nH]c(C(C)(C)C)c21. The molecule has 0 spiro atoms. The van der Waals surface area contributed by atoms with E-state index in [0.717, 1.165) is 17.9 Å². The molecule has 0 unspecified atom stereocenters. The van der Waals surface area contributed by atoms with Crippen molar-refractivity contribution < 1.29 is 4.79 Å². The Morgan fingerprint density at radius 2 is 2.12 bits per heavy atom. The van der Waals surface area contributed by atoms with Crippen LogP contribution in [0.4, 0.5) is 5.69 Å². The Labute approximate surface area is 95.2 Å². The molecule has 1 aliphatic rings. The van der Waals surface area contributed by atoms with Crippen LogP contribution < -0.4 is 10.2 Å². The van der Waals surface area contributed by atoms with Crippen LogP contribution in [-0.2, 0) is 5.41 Å². The smallest absolute Gasteiger partial charge is 0.275 e. The number of nitrogens with one attached hydrogen (secondary N) is 2. The zero-order chi connectivity index (χ0) is 11.9. The molecule has 0 saturated carbocycles. The molecule has 0 aliphatic carbocycles. The number of rotatable bonds is 1. The summed E-state index contributed by atoms with van der Waals surface area (Å²) >= 11 is 0. The third-order valence-corrected chi connectivity index (χ3v) is 2.83. The van der Waals surface area contributed by atoms with Gasteiger partial charge in [-0.3, -0.25) is 9.89 Å². The van der Waals surface area contributed by atoms with Gasteiger partial charge in [-0.05, 0) is 6.92 Å². The molecule has 1 aliphatic heterocycles. The molecule has 1 aromatic heterocycles. The summed E-state index contributed by atoms with van der Waals surface area (Å²) in [5.74, 6) is -0.0912. The highest BCUT2D eigenvalue weighted by atomic mass is 16.2. The first kappa shape index (κ1) is 11.0. The summed E-state index contributed by atoms with van der Waals surface area (Å²) in [5.41, 5.74) is 2.46. The van der Waals surface area contributed by atoms with E-state index in [4.69, 9.17) is 0 Å². The van der Waals surface area contributed by atoms with Crippen LogP contribution in [0.25, 0.3) is 0 Å². The number of hydrogen-bond donors (Lipinski definition) is 2. The lowest BCUT2D eigenvalue weighted by Gasteiger charge is -2.30. The average molecular weight is 222 g/mol. The van der Waals surface area contributed by atoms with Gasteiger partial charge in [0.05, 0.1) is 18.1 Å². The summed E-state index contributed by atoms with van der Waals surface area (Å²) in [7, 11) is 0. The molecule has 0 saturated heterocycles. The van der Waals surface area contributed by atoms with Gasteiger partial charge in [0.1, 0.15) is 0 Å². The van der Waals surface area contributed by atoms with Crippen molar-refractivity contribution in [1.29, 1.82) is 0 Å². The number of carbonyl (C=O) groups excluding carboxylic acids is 1. The molecular weight excluding hydrogens is 204 g/mol. The largest absolute Gasteiger partial charge is 0.351 e. The predicted octanol–water partition coefficient (Wildman–Crippen LogP) is 1.23. The average Bonchev–Trinajstić information content (AvgIpc) is 2.63. The lowest BCUT2D eigenvalue weighted by atomic mass is 9.90. The summed E-state index contributed by atoms with van der Waals surface area (Å²) in [6.45, 7) is 9.82. The van der Waals surface area contributed by atoms with Crippen molar-refractivity contribution in [2.45, 2.75) is 33.1 Å². The van der Waals surface area contributed by atoms with E-state index in [0.29, 0.717) is 12.4 Å². The summed E-state index contributed by atoms with van der Waals surface area (Å²) < 4.78 is 0. The number of fused-ring (bicyclic) bond motifs is 1. The fraction of sp³-hybridized carbons (Fsp3) is 0.636. The molecule has 2 N–H and O–H groups in total. The molecule has 0 radical (unpaired) electrons. The van der Waals surface area contributed by atoms with Crippen LogP contribution in [0.2, 0.25) is 0 Å². The maximum absolute atomic E-state index is 11.7. The van der Waals surface area contributed by atoms with Gasteiger partial charge in [0.25, 0.3) is 5.91 Å². The maximum atomic E-state index is 11.7. The van der Waals surface area contributed by atoms with E-state index in [1.165, 1.54) is 0 Å². The number of amides is 1. The van der Waals surface area contributed by atoms with E-state index in [-0.39, 0.29) is 11.3 Å². The van der Waals surface area contributed by atoms with Gasteiger partial charge in [-0.25, -0.2) is 0 Å². The second kappa shape index (κ2) is 3.50. The first-order chi connectivity index (χ1) is 7.45. The first-order valence-corrected chi connectivity index (χ1v) is 5.57. The van der Waals surface area contributed by atoms with Crippen LogP contribution in [-0.4, -0.2) is 29.3 Å². The van der Waals surface area contributed by atoms with E-state index in [9.17, 15) is 4.79 Å². The van der Waals surface area contributed by atoms with E-state index < -0.39 is 0 Å². The Hall–Kier alpha value is -1.52. The predicted molar refractivity (Wildman–Crippen MR) is 62.6 cm³/mol. The second-order valence-electron chi connectivity index (χ2n) is 5.07. The number of carbonyl (C=O) groups is 1. The fourth-order valence-corrected chi connectivity index (χ4v) is 1.93. The minimum absolute atomic E-state index is 0.0361. The van der Waals surface area contributed by atoms with Crippen LogP contribution in [0.1, 0.15) is 43.9 Å². The summed E-state index contributed by atoms with van der Waals surface area (Å²) in [5, 5.41) is 9.93. The summed E-state index contributed by atoms with van der Waals surface area (Å²) in [6, 6.07) is 0. The zero-order valence-corrected chi connectivity index (χ0v) is 10.2. The van der Waals surface area contributed by atoms with E-state index in [1.54, 1.807) is 0 Å². The van der Waals surface area contributed by atoms with Crippen molar-refractivity contribution in [2.75, 3.05) is 18.1 Å². The molecule has 0 fully saturated rings. The molecule has 0 atom stereocenters. The fourth-order valence-electron chi connectivity index (χ4n) is 1.93. The maximum Gasteiger partial charge on any atom is 0.275 e. The molecule has 2 rings (SSSR count). The van der Waals surface area contributed by atoms with Gasteiger partial charge in [0.2, 0.25) is 0 Å². The molecule has 5 nitrogen and oxygen atoms in total. The molecule has 1 aromatic rings. The lowest BCUT2D eigenvalue weighted by Crippen LogP contribution is -2.43. The molecule has 0 bridgehead atoms. The molecule has 0 aromatic carbocycles. The highest BCUT2D eigenvalue weighted by Gasteiger charge is 2.32. The van der Waals surface area contributed by atoms with E-state index >= 15 is 0 Å². The van der Waals surface area contributed by atoms with Crippen LogP contribution in [0.5, 0.6) is 0 Å². The number of aromatic nitrogens is 2. The van der Waals surface area contributed by atoms with Crippen LogP contribution >= 0.6 is 0 Å². The Kier molecular flexibility index (Phi) is 2.40. The second-order valence-corrected chi connectivity index (χ2v) is 5.07. The minimum Gasteiger partial charge on any atom is -0.351 e. The summed E-state index contributed by atoms with van der Waals surface area (Å²) in [4.78, 5) is 13.8. The normalized spacial score (nSPS) is 16.0. The highest BCUT2D eigenvalue weighted by molar-refractivity contribution is 6.00. The van der Waals surface area contributed by atoms with Gasteiger partial charge in [0, 0.05) is 12.0 Å². The number of H-pyrrole nitrogens is 1. The third-order valence-electron chi connectivity index (χ3n) is 2.83. The van der Waals surface area contributed by atoms with Crippen molar-refractivity contribution in [2.24, 2.45) is 0 Å². The standard InChI is InChI=1S/C11H18N4O/c1-5-15-6-12-10(16)7-8(15)9(14-13-7)11(2,3)4/h5-6H2,1-4H3,(H,12,16)(H,13,14). The highest BCUT2D eigenvalue weighted by Crippen LogP contribution is 2.33. The van der Waals surface area contributed by atoms with Gasteiger partial charge in [-0.15, -0.1) is 0 Å². The topological polar surface area (TPSA) is 61.0 Å². The van der Waals surface area contributed by atoms with Gasteiger partial charge >= 0.3 is 0 Å². The molecule has 16 heavy (non-hydrogen) atoms. The number of anilines is 1. The summed E-state index contributed by atoms with van der Waals surface area (Å²) in [6.07, 6.45) is 0. The molecule has 2 heterocycles. The molecular formula is C11H18N4O. The van der Waals surface area contributed by atoms with Gasteiger partial charge < -0.3 is 10.2 Å². The van der Waals surface area contributed by atoms with E-state index in [1.807, 2.05) is 0 Å². The first-order valence-electron chi connectivity index (χ1n) is 5.57. The molecule has 88 valence electrons. The van der Waals surface area contributed by atoms with Crippen molar-refractivity contribution in [1.82, 2.24) is 15.5 Å². The van der Waals surface area contributed by atoms with Crippen LogP contribution in [0, 0.1) is 0 Å². The monoisotopic (exact) mass is 222 g/mol. The van der Waals surface area contributed by atoms with Crippen molar-refractivity contribution in [3.8, 4) is 0 Å². The zero-order valence-electron chi connectivity index (χ0n) is 10.2. The van der Waals surface area contributed by atoms with Crippen molar-refractivity contribution in [3.63, 3.8) is 0 Å². The lowest BCUT2D eigenvalue weighted by molar-refractivity contribution is 0.0943. The molecule has 1 amide bonds. The number of hydrogen-bond acceptors (Lipinski definition) is 3.